The number of nitrogens with one attached hydrogen (secondary N) is 1. The first kappa shape index (κ1) is 16.1. The highest BCUT2D eigenvalue weighted by atomic mass is 16.2. The highest BCUT2D eigenvalue weighted by molar-refractivity contribution is 5.75. The molecule has 0 bridgehead atoms. The van der Waals surface area contributed by atoms with E-state index in [-0.39, 0.29) is 18.5 Å². The summed E-state index contributed by atoms with van der Waals surface area (Å²) in [5.41, 5.74) is 3.45. The van der Waals surface area contributed by atoms with Crippen molar-refractivity contribution >= 4 is 11.6 Å². The van der Waals surface area contributed by atoms with Crippen LogP contribution >= 0.6 is 0 Å². The summed E-state index contributed by atoms with van der Waals surface area (Å²) in [6, 6.07) is 8.49. The molecule has 1 aromatic carbocycles. The number of benzene rings is 1. The van der Waals surface area contributed by atoms with Crippen LogP contribution in [0.25, 0.3) is 0 Å². The van der Waals surface area contributed by atoms with Gasteiger partial charge >= 0.3 is 0 Å². The molecule has 0 spiro atoms. The Morgan fingerprint density at radius 2 is 2.00 bits per heavy atom. The number of aryl methyl sites for hydroxylation is 1. The summed E-state index contributed by atoms with van der Waals surface area (Å²) in [7, 11) is 4.05. The molecule has 1 aromatic heterocycles. The number of carbonyl (C=O) groups excluding carboxylic acids is 1. The number of anilines is 1. The lowest BCUT2D eigenvalue weighted by Gasteiger charge is -2.16. The van der Waals surface area contributed by atoms with Crippen molar-refractivity contribution in [1.29, 1.82) is 0 Å². The van der Waals surface area contributed by atoms with Gasteiger partial charge in [-0.1, -0.05) is 12.1 Å². The highest BCUT2D eigenvalue weighted by Crippen LogP contribution is 2.13. The van der Waals surface area contributed by atoms with E-state index >= 15 is 0 Å². The maximum Gasteiger partial charge on any atom is 0.241 e. The summed E-state index contributed by atoms with van der Waals surface area (Å²) >= 11 is 0. The first-order chi connectivity index (χ1) is 10.4. The Kier molecular flexibility index (Phi) is 5.20. The number of amides is 1. The molecule has 1 heterocycles. The Hall–Kier alpha value is -2.30. The van der Waals surface area contributed by atoms with Crippen molar-refractivity contribution in [2.45, 2.75) is 32.9 Å². The van der Waals surface area contributed by atoms with Gasteiger partial charge in [-0.2, -0.15) is 5.10 Å². The van der Waals surface area contributed by atoms with E-state index in [9.17, 15) is 4.79 Å². The Bertz CT molecular complexity index is 616. The molecule has 0 fully saturated rings. The molecule has 5 heteroatoms. The average molecular weight is 300 g/mol. The van der Waals surface area contributed by atoms with Crippen LogP contribution in [-0.4, -0.2) is 35.8 Å². The van der Waals surface area contributed by atoms with E-state index in [1.165, 1.54) is 11.3 Å². The second kappa shape index (κ2) is 7.11. The number of hydrogen-bond acceptors (Lipinski definition) is 3. The van der Waals surface area contributed by atoms with E-state index in [0.29, 0.717) is 0 Å². The van der Waals surface area contributed by atoms with Crippen LogP contribution in [-0.2, 0) is 17.8 Å². The van der Waals surface area contributed by atoms with Gasteiger partial charge in [-0.3, -0.25) is 9.48 Å². The minimum Gasteiger partial charge on any atom is -0.378 e. The van der Waals surface area contributed by atoms with Crippen LogP contribution in [0.15, 0.2) is 36.7 Å². The van der Waals surface area contributed by atoms with Gasteiger partial charge in [0, 0.05) is 32.0 Å². The van der Waals surface area contributed by atoms with Gasteiger partial charge in [0.05, 0.1) is 6.20 Å². The van der Waals surface area contributed by atoms with Gasteiger partial charge < -0.3 is 10.2 Å². The van der Waals surface area contributed by atoms with E-state index in [4.69, 9.17) is 0 Å². The van der Waals surface area contributed by atoms with Gasteiger partial charge in [0.1, 0.15) is 6.54 Å². The zero-order chi connectivity index (χ0) is 16.1. The van der Waals surface area contributed by atoms with Crippen molar-refractivity contribution in [3.8, 4) is 0 Å². The molecule has 2 aromatic rings. The largest absolute Gasteiger partial charge is 0.378 e. The van der Waals surface area contributed by atoms with Gasteiger partial charge in [-0.05, 0) is 43.5 Å². The van der Waals surface area contributed by atoms with E-state index < -0.39 is 0 Å². The van der Waals surface area contributed by atoms with Crippen molar-refractivity contribution < 1.29 is 4.79 Å². The maximum absolute atomic E-state index is 12.0. The smallest absolute Gasteiger partial charge is 0.241 e. The van der Waals surface area contributed by atoms with Crippen molar-refractivity contribution in [3.05, 3.63) is 47.8 Å². The summed E-state index contributed by atoms with van der Waals surface area (Å²) in [6.45, 7) is 4.24. The van der Waals surface area contributed by atoms with Crippen molar-refractivity contribution in [2.24, 2.45) is 0 Å². The van der Waals surface area contributed by atoms with Gasteiger partial charge in [-0.15, -0.1) is 0 Å². The molecule has 5 nitrogen and oxygen atoms in total. The van der Waals surface area contributed by atoms with Crippen LogP contribution in [0, 0.1) is 6.92 Å². The monoisotopic (exact) mass is 300 g/mol. The Balaban J connectivity index is 1.84. The van der Waals surface area contributed by atoms with E-state index in [0.717, 1.165) is 12.0 Å². The molecule has 1 unspecified atom stereocenters. The molecule has 2 rings (SSSR count). The summed E-state index contributed by atoms with van der Waals surface area (Å²) in [5.74, 6) is -0.0134. The van der Waals surface area contributed by atoms with Crippen LogP contribution < -0.4 is 10.2 Å². The predicted octanol–water partition coefficient (Wildman–Crippen LogP) is 2.00. The SMILES string of the molecule is Cc1cnn(CC(=O)NC(C)Cc2ccc(N(C)C)cc2)c1. The fourth-order valence-corrected chi connectivity index (χ4v) is 2.36. The number of rotatable bonds is 6. The standard InChI is InChI=1S/C17H24N4O/c1-13-10-18-21(11-13)12-17(22)19-14(2)9-15-5-7-16(8-6-15)20(3)4/h5-8,10-11,14H,9,12H2,1-4H3,(H,19,22). The summed E-state index contributed by atoms with van der Waals surface area (Å²) in [4.78, 5) is 14.1. The Morgan fingerprint density at radius 1 is 1.32 bits per heavy atom. The van der Waals surface area contributed by atoms with E-state index in [1.807, 2.05) is 34.1 Å². The molecular formula is C17H24N4O. The Morgan fingerprint density at radius 3 is 2.55 bits per heavy atom. The fourth-order valence-electron chi connectivity index (χ4n) is 2.36. The van der Waals surface area contributed by atoms with Crippen LogP contribution in [0.1, 0.15) is 18.1 Å². The molecule has 118 valence electrons. The third-order valence-corrected chi connectivity index (χ3v) is 3.47. The number of nitrogens with zero attached hydrogens (tertiary/aromatic N) is 3. The second-order valence-electron chi connectivity index (χ2n) is 5.95. The summed E-state index contributed by atoms with van der Waals surface area (Å²) < 4.78 is 1.66. The van der Waals surface area contributed by atoms with Crippen LogP contribution in [0.2, 0.25) is 0 Å². The fraction of sp³-hybridized carbons (Fsp3) is 0.412. The molecule has 0 aliphatic carbocycles. The van der Waals surface area contributed by atoms with Crippen LogP contribution in [0.3, 0.4) is 0 Å². The Labute approximate surface area is 131 Å². The molecule has 0 saturated carbocycles. The topological polar surface area (TPSA) is 50.2 Å². The lowest BCUT2D eigenvalue weighted by molar-refractivity contribution is -0.122. The lowest BCUT2D eigenvalue weighted by atomic mass is 10.1. The third kappa shape index (κ3) is 4.62. The van der Waals surface area contributed by atoms with Crippen molar-refractivity contribution in [1.82, 2.24) is 15.1 Å². The quantitative estimate of drug-likeness (QED) is 0.888. The molecule has 1 amide bonds. The highest BCUT2D eigenvalue weighted by Gasteiger charge is 2.09. The molecule has 1 atom stereocenters. The molecule has 0 radical (unpaired) electrons. The van der Waals surface area contributed by atoms with Gasteiger partial charge in [0.2, 0.25) is 5.91 Å². The van der Waals surface area contributed by atoms with E-state index in [2.05, 4.69) is 39.6 Å². The first-order valence-corrected chi connectivity index (χ1v) is 7.48. The number of aromatic nitrogens is 2. The zero-order valence-electron chi connectivity index (χ0n) is 13.7. The lowest BCUT2D eigenvalue weighted by Crippen LogP contribution is -2.36. The maximum atomic E-state index is 12.0. The minimum atomic E-state index is -0.0134. The van der Waals surface area contributed by atoms with Gasteiger partial charge in [0.25, 0.3) is 0 Å². The second-order valence-corrected chi connectivity index (χ2v) is 5.95. The first-order valence-electron chi connectivity index (χ1n) is 7.48. The molecule has 0 saturated heterocycles. The minimum absolute atomic E-state index is 0.0134. The van der Waals surface area contributed by atoms with E-state index in [1.54, 1.807) is 10.9 Å². The molecule has 0 aliphatic heterocycles. The van der Waals surface area contributed by atoms with Crippen LogP contribution in [0.5, 0.6) is 0 Å². The van der Waals surface area contributed by atoms with Crippen LogP contribution in [0.4, 0.5) is 5.69 Å². The summed E-state index contributed by atoms with van der Waals surface area (Å²) in [5, 5.41) is 7.14. The van der Waals surface area contributed by atoms with Crippen molar-refractivity contribution in [3.63, 3.8) is 0 Å². The zero-order valence-corrected chi connectivity index (χ0v) is 13.7. The third-order valence-electron chi connectivity index (χ3n) is 3.47. The van der Waals surface area contributed by atoms with Gasteiger partial charge in [-0.25, -0.2) is 0 Å². The van der Waals surface area contributed by atoms with Crippen molar-refractivity contribution in [2.75, 3.05) is 19.0 Å². The number of hydrogen-bond donors (Lipinski definition) is 1. The normalized spacial score (nSPS) is 12.0. The molecular weight excluding hydrogens is 276 g/mol. The summed E-state index contributed by atoms with van der Waals surface area (Å²) in [6.07, 6.45) is 4.44. The molecule has 1 N–H and O–H groups in total. The molecule has 0 aliphatic rings. The molecule has 22 heavy (non-hydrogen) atoms. The predicted molar refractivity (Wildman–Crippen MR) is 89.0 cm³/mol. The number of carbonyl (C=O) groups is 1. The average Bonchev–Trinajstić information content (AvgIpc) is 2.84. The van der Waals surface area contributed by atoms with Gasteiger partial charge in [0.15, 0.2) is 0 Å².